The number of hydrogen-bond acceptors (Lipinski definition) is 4. The molecule has 0 saturated heterocycles. The maximum Gasteiger partial charge on any atom is 0.292 e. The fourth-order valence-electron chi connectivity index (χ4n) is 1.16. The second kappa shape index (κ2) is 5.09. The number of amides is 1. The van der Waals surface area contributed by atoms with Crippen LogP contribution in [0.5, 0.6) is 0 Å². The minimum absolute atomic E-state index is 0.159. The van der Waals surface area contributed by atoms with Crippen LogP contribution in [0, 0.1) is 15.9 Å². The van der Waals surface area contributed by atoms with E-state index in [4.69, 9.17) is 0 Å². The van der Waals surface area contributed by atoms with E-state index in [1.165, 1.54) is 0 Å². The van der Waals surface area contributed by atoms with E-state index in [-0.39, 0.29) is 11.4 Å². The predicted octanol–water partition coefficient (Wildman–Crippen LogP) is 1.67. The first-order chi connectivity index (χ1) is 8.27. The van der Waals surface area contributed by atoms with E-state index >= 15 is 0 Å². The molecule has 18 heavy (non-hydrogen) atoms. The molecule has 6 nitrogen and oxygen atoms in total. The maximum atomic E-state index is 13.0. The molecule has 2 N–H and O–H groups in total. The number of nitro benzene ring substituents is 1. The molecule has 1 aromatic carbocycles. The molecule has 0 bridgehead atoms. The van der Waals surface area contributed by atoms with Gasteiger partial charge in [0.25, 0.3) is 5.69 Å². The van der Waals surface area contributed by atoms with Gasteiger partial charge >= 0.3 is 0 Å². The lowest BCUT2D eigenvalue weighted by molar-refractivity contribution is -0.384. The molecule has 0 radical (unpaired) electrons. The standard InChI is InChI=1S/C11H14FN3O3/c1-11(2,13-3)10(16)14-8-6-7(12)4-5-9(8)15(17)18/h4-6,13H,1-3H3,(H,14,16). The SMILES string of the molecule is CNC(C)(C)C(=O)Nc1cc(F)ccc1[N+](=O)[O-]. The molecule has 0 aliphatic carbocycles. The van der Waals surface area contributed by atoms with E-state index in [0.29, 0.717) is 0 Å². The highest BCUT2D eigenvalue weighted by molar-refractivity contribution is 5.99. The first kappa shape index (κ1) is 14.0. The van der Waals surface area contributed by atoms with Crippen molar-refractivity contribution in [1.29, 1.82) is 0 Å². The Hall–Kier alpha value is -2.02. The van der Waals surface area contributed by atoms with E-state index in [2.05, 4.69) is 10.6 Å². The summed E-state index contributed by atoms with van der Waals surface area (Å²) >= 11 is 0. The third kappa shape index (κ3) is 3.01. The third-order valence-electron chi connectivity index (χ3n) is 2.60. The number of hydrogen-bond donors (Lipinski definition) is 2. The number of carbonyl (C=O) groups excluding carboxylic acids is 1. The van der Waals surface area contributed by atoms with Crippen LogP contribution in [-0.2, 0) is 4.79 Å². The summed E-state index contributed by atoms with van der Waals surface area (Å²) in [4.78, 5) is 21.9. The Labute approximate surface area is 103 Å². The fraction of sp³-hybridized carbons (Fsp3) is 0.364. The Morgan fingerprint density at radius 2 is 2.06 bits per heavy atom. The first-order valence-electron chi connectivity index (χ1n) is 5.22. The van der Waals surface area contributed by atoms with Crippen molar-refractivity contribution in [1.82, 2.24) is 5.32 Å². The summed E-state index contributed by atoms with van der Waals surface area (Å²) in [6.45, 7) is 3.21. The molecule has 1 amide bonds. The van der Waals surface area contributed by atoms with Crippen LogP contribution in [0.3, 0.4) is 0 Å². The van der Waals surface area contributed by atoms with Crippen molar-refractivity contribution < 1.29 is 14.1 Å². The number of halogens is 1. The van der Waals surface area contributed by atoms with Crippen LogP contribution >= 0.6 is 0 Å². The topological polar surface area (TPSA) is 84.3 Å². The van der Waals surface area contributed by atoms with Gasteiger partial charge in [-0.1, -0.05) is 0 Å². The van der Waals surface area contributed by atoms with Gasteiger partial charge < -0.3 is 10.6 Å². The van der Waals surface area contributed by atoms with Crippen molar-refractivity contribution in [2.24, 2.45) is 0 Å². The van der Waals surface area contributed by atoms with E-state index in [1.54, 1.807) is 20.9 Å². The quantitative estimate of drug-likeness (QED) is 0.633. The summed E-state index contributed by atoms with van der Waals surface area (Å²) in [7, 11) is 1.58. The van der Waals surface area contributed by atoms with Gasteiger partial charge in [0, 0.05) is 12.1 Å². The smallest absolute Gasteiger partial charge is 0.292 e. The van der Waals surface area contributed by atoms with E-state index < -0.39 is 22.2 Å². The Bertz CT molecular complexity index is 488. The molecule has 0 atom stereocenters. The van der Waals surface area contributed by atoms with E-state index in [9.17, 15) is 19.3 Å². The third-order valence-corrected chi connectivity index (χ3v) is 2.60. The summed E-state index contributed by atoms with van der Waals surface area (Å²) in [6, 6.07) is 2.90. The van der Waals surface area contributed by atoms with Crippen molar-refractivity contribution in [3.8, 4) is 0 Å². The van der Waals surface area contributed by atoms with Crippen molar-refractivity contribution >= 4 is 17.3 Å². The molecule has 1 rings (SSSR count). The van der Waals surface area contributed by atoms with Gasteiger partial charge in [0.05, 0.1) is 10.5 Å². The highest BCUT2D eigenvalue weighted by Crippen LogP contribution is 2.25. The molecule has 0 aliphatic heterocycles. The van der Waals surface area contributed by atoms with Gasteiger partial charge in [0.15, 0.2) is 0 Å². The van der Waals surface area contributed by atoms with Crippen LogP contribution in [0.4, 0.5) is 15.8 Å². The molecule has 0 saturated carbocycles. The minimum atomic E-state index is -0.916. The second-order valence-electron chi connectivity index (χ2n) is 4.25. The largest absolute Gasteiger partial charge is 0.319 e. The van der Waals surface area contributed by atoms with Gasteiger partial charge in [-0.3, -0.25) is 14.9 Å². The summed E-state index contributed by atoms with van der Waals surface area (Å²) in [5.41, 5.74) is -1.43. The number of nitrogens with one attached hydrogen (secondary N) is 2. The Balaban J connectivity index is 3.07. The Morgan fingerprint density at radius 3 is 2.56 bits per heavy atom. The lowest BCUT2D eigenvalue weighted by Gasteiger charge is -2.22. The summed E-state index contributed by atoms with van der Waals surface area (Å²) in [5.74, 6) is -1.14. The zero-order valence-corrected chi connectivity index (χ0v) is 10.3. The first-order valence-corrected chi connectivity index (χ1v) is 5.22. The molecule has 0 fully saturated rings. The highest BCUT2D eigenvalue weighted by Gasteiger charge is 2.27. The molecule has 98 valence electrons. The fourth-order valence-corrected chi connectivity index (χ4v) is 1.16. The average molecular weight is 255 g/mol. The maximum absolute atomic E-state index is 13.0. The number of nitro groups is 1. The molecular formula is C11H14FN3O3. The van der Waals surface area contributed by atoms with Crippen molar-refractivity contribution in [2.75, 3.05) is 12.4 Å². The van der Waals surface area contributed by atoms with Crippen molar-refractivity contribution in [3.63, 3.8) is 0 Å². The molecule has 0 aromatic heterocycles. The van der Waals surface area contributed by atoms with Gasteiger partial charge in [-0.25, -0.2) is 4.39 Å². The van der Waals surface area contributed by atoms with Gasteiger partial charge in [-0.2, -0.15) is 0 Å². The lowest BCUT2D eigenvalue weighted by atomic mass is 10.0. The molecule has 0 spiro atoms. The summed E-state index contributed by atoms with van der Waals surface area (Å²) < 4.78 is 13.0. The van der Waals surface area contributed by atoms with E-state index in [1.807, 2.05) is 0 Å². The number of rotatable bonds is 4. The van der Waals surface area contributed by atoms with Gasteiger partial charge in [0.2, 0.25) is 5.91 Å². The number of anilines is 1. The van der Waals surface area contributed by atoms with Gasteiger partial charge in [-0.05, 0) is 27.0 Å². The minimum Gasteiger partial charge on any atom is -0.319 e. The average Bonchev–Trinajstić information content (AvgIpc) is 2.28. The Kier molecular flexibility index (Phi) is 3.97. The Morgan fingerprint density at radius 1 is 1.44 bits per heavy atom. The zero-order valence-electron chi connectivity index (χ0n) is 10.3. The lowest BCUT2D eigenvalue weighted by Crippen LogP contribution is -2.47. The summed E-state index contributed by atoms with van der Waals surface area (Å²) in [5, 5.41) is 15.8. The summed E-state index contributed by atoms with van der Waals surface area (Å²) in [6.07, 6.45) is 0. The predicted molar refractivity (Wildman–Crippen MR) is 64.8 cm³/mol. The second-order valence-corrected chi connectivity index (χ2v) is 4.25. The highest BCUT2D eigenvalue weighted by atomic mass is 19.1. The number of benzene rings is 1. The number of likely N-dealkylation sites (N-methyl/N-ethyl adjacent to an activating group) is 1. The number of carbonyl (C=O) groups is 1. The van der Waals surface area contributed by atoms with Gasteiger partial charge in [0.1, 0.15) is 11.5 Å². The molecule has 0 unspecified atom stereocenters. The van der Waals surface area contributed by atoms with Crippen molar-refractivity contribution in [2.45, 2.75) is 19.4 Å². The van der Waals surface area contributed by atoms with E-state index in [0.717, 1.165) is 18.2 Å². The number of nitrogens with zero attached hydrogens (tertiary/aromatic N) is 1. The van der Waals surface area contributed by atoms with Crippen molar-refractivity contribution in [3.05, 3.63) is 34.1 Å². The van der Waals surface area contributed by atoms with Crippen LogP contribution < -0.4 is 10.6 Å². The van der Waals surface area contributed by atoms with Crippen LogP contribution in [0.15, 0.2) is 18.2 Å². The molecule has 1 aromatic rings. The van der Waals surface area contributed by atoms with Crippen LogP contribution in [0.2, 0.25) is 0 Å². The molecular weight excluding hydrogens is 241 g/mol. The van der Waals surface area contributed by atoms with Crippen LogP contribution in [0.25, 0.3) is 0 Å². The molecule has 7 heteroatoms. The van der Waals surface area contributed by atoms with Crippen LogP contribution in [-0.4, -0.2) is 23.4 Å². The normalized spacial score (nSPS) is 11.1. The van der Waals surface area contributed by atoms with Gasteiger partial charge in [-0.15, -0.1) is 0 Å². The molecule has 0 heterocycles. The monoisotopic (exact) mass is 255 g/mol. The zero-order chi connectivity index (χ0) is 13.9. The van der Waals surface area contributed by atoms with Crippen LogP contribution in [0.1, 0.15) is 13.8 Å². The molecule has 0 aliphatic rings.